The van der Waals surface area contributed by atoms with E-state index >= 15 is 0 Å². The monoisotopic (exact) mass is 328 g/mol. The highest BCUT2D eigenvalue weighted by molar-refractivity contribution is 5.73. The molecule has 0 N–H and O–H groups in total. The van der Waals surface area contributed by atoms with Gasteiger partial charge in [0.15, 0.2) is 0 Å². The summed E-state index contributed by atoms with van der Waals surface area (Å²) in [7, 11) is 1.55. The number of ether oxygens (including phenoxy) is 1. The molecule has 0 aromatic heterocycles. The van der Waals surface area contributed by atoms with E-state index in [1.807, 2.05) is 0 Å². The first-order valence-electron chi connectivity index (χ1n) is 9.84. The Morgan fingerprint density at radius 1 is 1.21 bits per heavy atom. The summed E-state index contributed by atoms with van der Waals surface area (Å²) in [5, 5.41) is 0. The van der Waals surface area contributed by atoms with Crippen LogP contribution in [-0.2, 0) is 9.53 Å². The molecule has 2 heteroatoms. The van der Waals surface area contributed by atoms with E-state index < -0.39 is 0 Å². The Hall–Kier alpha value is -1.05. The SMILES string of the molecule is C=C1CC=C2CC[C@H]3[C@@H]4CC[C@H](C(=O)OC)[C@@]4(C)CC[C@@H]3[C@@]2(C)C1. The fraction of sp³-hybridized carbons (Fsp3) is 0.773. The second-order valence-electron chi connectivity index (χ2n) is 9.39. The molecule has 3 fully saturated rings. The Labute approximate surface area is 146 Å². The quantitative estimate of drug-likeness (QED) is 0.482. The maximum atomic E-state index is 12.3. The van der Waals surface area contributed by atoms with E-state index in [1.54, 1.807) is 12.7 Å². The Bertz CT molecular complexity index is 603. The highest BCUT2D eigenvalue weighted by Crippen LogP contribution is 2.67. The Kier molecular flexibility index (Phi) is 3.75. The van der Waals surface area contributed by atoms with Crippen LogP contribution in [0.15, 0.2) is 23.8 Å². The second kappa shape index (κ2) is 5.47. The molecule has 0 amide bonds. The van der Waals surface area contributed by atoms with Crippen LogP contribution in [0.25, 0.3) is 0 Å². The molecule has 3 saturated carbocycles. The summed E-state index contributed by atoms with van der Waals surface area (Å²) in [5.74, 6) is 2.43. The van der Waals surface area contributed by atoms with Crippen molar-refractivity contribution in [2.45, 2.75) is 65.2 Å². The van der Waals surface area contributed by atoms with Crippen LogP contribution in [0.2, 0.25) is 0 Å². The predicted molar refractivity (Wildman–Crippen MR) is 96.3 cm³/mol. The maximum Gasteiger partial charge on any atom is 0.309 e. The molecule has 0 bridgehead atoms. The van der Waals surface area contributed by atoms with Crippen LogP contribution in [-0.4, -0.2) is 13.1 Å². The standard InChI is InChI=1S/C22H32O2/c1-14-5-6-15-7-8-16-17-9-10-19(20(23)24-4)21(17,2)12-11-18(16)22(15,3)13-14/h6,16-19H,1,5,7-13H2,2-4H3/t16-,17-,18-,19+,21-,22-/m0/s1. The molecule has 0 unspecified atom stereocenters. The zero-order chi connectivity index (χ0) is 17.1. The van der Waals surface area contributed by atoms with Crippen molar-refractivity contribution in [3.05, 3.63) is 23.8 Å². The molecule has 2 nitrogen and oxygen atoms in total. The molecule has 0 aliphatic heterocycles. The van der Waals surface area contributed by atoms with Gasteiger partial charge in [0, 0.05) is 0 Å². The van der Waals surface area contributed by atoms with E-state index in [2.05, 4.69) is 26.5 Å². The van der Waals surface area contributed by atoms with E-state index in [-0.39, 0.29) is 17.3 Å². The van der Waals surface area contributed by atoms with Gasteiger partial charge >= 0.3 is 5.97 Å². The Morgan fingerprint density at radius 2 is 2.00 bits per heavy atom. The number of hydrogen-bond acceptors (Lipinski definition) is 2. The van der Waals surface area contributed by atoms with Gasteiger partial charge in [-0.15, -0.1) is 0 Å². The van der Waals surface area contributed by atoms with Crippen LogP contribution in [0.4, 0.5) is 0 Å². The number of rotatable bonds is 1. The molecule has 0 aromatic carbocycles. The Morgan fingerprint density at radius 3 is 2.75 bits per heavy atom. The van der Waals surface area contributed by atoms with Crippen LogP contribution in [0.3, 0.4) is 0 Å². The highest BCUT2D eigenvalue weighted by Gasteiger charge is 2.60. The topological polar surface area (TPSA) is 26.3 Å². The first-order chi connectivity index (χ1) is 11.4. The van der Waals surface area contributed by atoms with Crippen molar-refractivity contribution >= 4 is 5.97 Å². The first kappa shape index (κ1) is 16.4. The normalized spacial score (nSPS) is 47.3. The summed E-state index contributed by atoms with van der Waals surface area (Å²) in [6.07, 6.45) is 12.1. The molecular weight excluding hydrogens is 296 g/mol. The number of fused-ring (bicyclic) bond motifs is 5. The van der Waals surface area contributed by atoms with Crippen LogP contribution < -0.4 is 0 Å². The minimum absolute atomic E-state index is 0.0344. The van der Waals surface area contributed by atoms with Gasteiger partial charge in [-0.25, -0.2) is 0 Å². The van der Waals surface area contributed by atoms with Gasteiger partial charge in [-0.3, -0.25) is 4.79 Å². The van der Waals surface area contributed by atoms with Gasteiger partial charge in [-0.05, 0) is 80.0 Å². The average molecular weight is 328 g/mol. The zero-order valence-corrected chi connectivity index (χ0v) is 15.6. The van der Waals surface area contributed by atoms with Gasteiger partial charge in [0.05, 0.1) is 13.0 Å². The summed E-state index contributed by atoms with van der Waals surface area (Å²) >= 11 is 0. The molecule has 4 aliphatic carbocycles. The highest BCUT2D eigenvalue weighted by atomic mass is 16.5. The lowest BCUT2D eigenvalue weighted by molar-refractivity contribution is -0.152. The third-order valence-electron chi connectivity index (χ3n) is 8.48. The number of carbonyl (C=O) groups is 1. The van der Waals surface area contributed by atoms with Gasteiger partial charge in [-0.1, -0.05) is 37.6 Å². The van der Waals surface area contributed by atoms with Gasteiger partial charge in [0.1, 0.15) is 0 Å². The lowest BCUT2D eigenvalue weighted by Gasteiger charge is -2.58. The summed E-state index contributed by atoms with van der Waals surface area (Å²) in [6.45, 7) is 9.20. The van der Waals surface area contributed by atoms with E-state index in [4.69, 9.17) is 4.74 Å². The molecule has 0 saturated heterocycles. The smallest absolute Gasteiger partial charge is 0.309 e. The van der Waals surface area contributed by atoms with E-state index in [9.17, 15) is 4.79 Å². The van der Waals surface area contributed by atoms with Gasteiger partial charge in [0.25, 0.3) is 0 Å². The first-order valence-corrected chi connectivity index (χ1v) is 9.84. The van der Waals surface area contributed by atoms with Crippen molar-refractivity contribution in [1.82, 2.24) is 0 Å². The van der Waals surface area contributed by atoms with Crippen molar-refractivity contribution in [3.8, 4) is 0 Å². The van der Waals surface area contributed by atoms with Crippen molar-refractivity contribution in [2.24, 2.45) is 34.5 Å². The van der Waals surface area contributed by atoms with Gasteiger partial charge < -0.3 is 4.74 Å². The lowest BCUT2D eigenvalue weighted by Crippen LogP contribution is -2.51. The zero-order valence-electron chi connectivity index (χ0n) is 15.6. The molecule has 0 heterocycles. The number of methoxy groups -OCH3 is 1. The summed E-state index contributed by atoms with van der Waals surface area (Å²) in [4.78, 5) is 12.3. The molecule has 0 radical (unpaired) electrons. The third kappa shape index (κ3) is 2.10. The van der Waals surface area contributed by atoms with Crippen LogP contribution in [0, 0.1) is 34.5 Å². The van der Waals surface area contributed by atoms with Gasteiger partial charge in [-0.2, -0.15) is 0 Å². The fourth-order valence-electron chi connectivity index (χ4n) is 7.30. The fourth-order valence-corrected chi connectivity index (χ4v) is 7.30. The van der Waals surface area contributed by atoms with Gasteiger partial charge in [0.2, 0.25) is 0 Å². The third-order valence-corrected chi connectivity index (χ3v) is 8.48. The molecule has 24 heavy (non-hydrogen) atoms. The van der Waals surface area contributed by atoms with E-state index in [1.165, 1.54) is 44.1 Å². The largest absolute Gasteiger partial charge is 0.469 e. The summed E-state index contributed by atoms with van der Waals surface area (Å²) < 4.78 is 5.14. The predicted octanol–water partition coefficient (Wildman–Crippen LogP) is 5.29. The van der Waals surface area contributed by atoms with Crippen molar-refractivity contribution < 1.29 is 9.53 Å². The minimum Gasteiger partial charge on any atom is -0.469 e. The molecule has 0 spiro atoms. The molecule has 132 valence electrons. The van der Waals surface area contributed by atoms with E-state index in [0.29, 0.717) is 11.3 Å². The minimum atomic E-state index is 0.0344. The van der Waals surface area contributed by atoms with Crippen molar-refractivity contribution in [3.63, 3.8) is 0 Å². The average Bonchev–Trinajstić information content (AvgIpc) is 2.90. The number of carbonyl (C=O) groups excluding carboxylic acids is 1. The second-order valence-corrected chi connectivity index (χ2v) is 9.39. The number of hydrogen-bond donors (Lipinski definition) is 0. The van der Waals surface area contributed by atoms with Crippen LogP contribution in [0.5, 0.6) is 0 Å². The van der Waals surface area contributed by atoms with Crippen molar-refractivity contribution in [1.29, 1.82) is 0 Å². The molecule has 0 aromatic rings. The molecule has 4 aliphatic rings. The molecule has 6 atom stereocenters. The Balaban J connectivity index is 1.65. The number of allylic oxidation sites excluding steroid dienone is 3. The molecule has 4 rings (SSSR count). The number of esters is 1. The van der Waals surface area contributed by atoms with Crippen LogP contribution >= 0.6 is 0 Å². The van der Waals surface area contributed by atoms with Crippen molar-refractivity contribution in [2.75, 3.05) is 7.11 Å². The summed E-state index contributed by atoms with van der Waals surface area (Å²) in [5.41, 5.74) is 3.62. The van der Waals surface area contributed by atoms with Crippen LogP contribution in [0.1, 0.15) is 65.2 Å². The lowest BCUT2D eigenvalue weighted by atomic mass is 9.46. The molecular formula is C22H32O2. The van der Waals surface area contributed by atoms with E-state index in [0.717, 1.165) is 24.7 Å². The summed E-state index contributed by atoms with van der Waals surface area (Å²) in [6, 6.07) is 0. The maximum absolute atomic E-state index is 12.3.